The lowest BCUT2D eigenvalue weighted by atomic mass is 9.73. The van der Waals surface area contributed by atoms with Crippen molar-refractivity contribution >= 4 is 13.0 Å². The highest BCUT2D eigenvalue weighted by atomic mass is 16.5. The Labute approximate surface area is 152 Å². The van der Waals surface area contributed by atoms with Gasteiger partial charge in [-0.2, -0.15) is 5.26 Å². The molecule has 7 heteroatoms. The van der Waals surface area contributed by atoms with Crippen LogP contribution in [0.2, 0.25) is 0 Å². The first-order valence-corrected chi connectivity index (χ1v) is 8.43. The Hall–Kier alpha value is -2.82. The molecule has 2 unspecified atom stereocenters. The first kappa shape index (κ1) is 18.0. The number of benzene rings is 2. The van der Waals surface area contributed by atoms with Gasteiger partial charge >= 0.3 is 7.12 Å². The van der Waals surface area contributed by atoms with Gasteiger partial charge in [0.15, 0.2) is 0 Å². The standard InChI is InChI=1S/C19H19BN2O4/c21-11-14-6-2-1-5-13(14)10-19(23)22-18(20(24)25)9-15-12-26-17-8-4-3-7-16(15)17/h1-8,15,18,24-25H,9-10,12H2,(H,22,23). The summed E-state index contributed by atoms with van der Waals surface area (Å²) >= 11 is 0. The van der Waals surface area contributed by atoms with Gasteiger partial charge in [0.25, 0.3) is 0 Å². The van der Waals surface area contributed by atoms with E-state index >= 15 is 0 Å². The van der Waals surface area contributed by atoms with Crippen molar-refractivity contribution in [3.05, 3.63) is 65.2 Å². The van der Waals surface area contributed by atoms with Crippen molar-refractivity contribution < 1.29 is 19.6 Å². The Morgan fingerprint density at radius 2 is 2.00 bits per heavy atom. The number of hydrogen-bond acceptors (Lipinski definition) is 5. The summed E-state index contributed by atoms with van der Waals surface area (Å²) in [6, 6.07) is 16.5. The molecule has 0 aliphatic carbocycles. The minimum atomic E-state index is -1.68. The lowest BCUT2D eigenvalue weighted by molar-refractivity contribution is -0.120. The minimum absolute atomic E-state index is 0.00467. The number of nitrogens with zero attached hydrogens (tertiary/aromatic N) is 1. The van der Waals surface area contributed by atoms with E-state index < -0.39 is 13.1 Å². The Kier molecular flexibility index (Phi) is 5.57. The molecule has 132 valence electrons. The molecule has 0 bridgehead atoms. The number of para-hydroxylation sites is 1. The summed E-state index contributed by atoms with van der Waals surface area (Å²) in [6.45, 7) is 0.440. The van der Waals surface area contributed by atoms with Crippen molar-refractivity contribution in [1.82, 2.24) is 5.32 Å². The van der Waals surface area contributed by atoms with Crippen molar-refractivity contribution in [2.45, 2.75) is 24.7 Å². The number of rotatable bonds is 6. The zero-order valence-corrected chi connectivity index (χ0v) is 14.1. The first-order chi connectivity index (χ1) is 12.6. The van der Waals surface area contributed by atoms with Crippen LogP contribution in [0.1, 0.15) is 29.0 Å². The predicted molar refractivity (Wildman–Crippen MR) is 96.3 cm³/mol. The van der Waals surface area contributed by atoms with Gasteiger partial charge in [-0.25, -0.2) is 0 Å². The number of hydrogen-bond donors (Lipinski definition) is 3. The van der Waals surface area contributed by atoms with Crippen LogP contribution in [0.25, 0.3) is 0 Å². The van der Waals surface area contributed by atoms with E-state index in [1.165, 1.54) is 0 Å². The van der Waals surface area contributed by atoms with Crippen molar-refractivity contribution in [1.29, 1.82) is 5.26 Å². The van der Waals surface area contributed by atoms with Crippen molar-refractivity contribution in [3.63, 3.8) is 0 Å². The predicted octanol–water partition coefficient (Wildman–Crippen LogP) is 1.16. The third kappa shape index (κ3) is 4.05. The SMILES string of the molecule is N#Cc1ccccc1CC(=O)NC(CC1COc2ccccc21)B(O)O. The fourth-order valence-electron chi connectivity index (χ4n) is 3.20. The van der Waals surface area contributed by atoms with Crippen LogP contribution in [0, 0.1) is 11.3 Å². The number of carbonyl (C=O) groups is 1. The maximum absolute atomic E-state index is 12.3. The van der Waals surface area contributed by atoms with Gasteiger partial charge in [0.05, 0.1) is 30.6 Å². The monoisotopic (exact) mass is 350 g/mol. The first-order valence-electron chi connectivity index (χ1n) is 8.43. The molecule has 26 heavy (non-hydrogen) atoms. The molecule has 1 aliphatic heterocycles. The van der Waals surface area contributed by atoms with Gasteiger partial charge in [-0.3, -0.25) is 4.79 Å². The van der Waals surface area contributed by atoms with E-state index in [0.717, 1.165) is 11.3 Å². The maximum atomic E-state index is 12.3. The van der Waals surface area contributed by atoms with Crippen LogP contribution < -0.4 is 10.1 Å². The fourth-order valence-corrected chi connectivity index (χ4v) is 3.20. The molecule has 1 amide bonds. The van der Waals surface area contributed by atoms with Gasteiger partial charge in [-0.1, -0.05) is 36.4 Å². The molecule has 0 radical (unpaired) electrons. The largest absolute Gasteiger partial charge is 0.493 e. The molecule has 0 saturated heterocycles. The van der Waals surface area contributed by atoms with Gasteiger partial charge in [0.2, 0.25) is 5.91 Å². The van der Waals surface area contributed by atoms with E-state index in [-0.39, 0.29) is 18.2 Å². The van der Waals surface area contributed by atoms with Gasteiger partial charge < -0.3 is 20.1 Å². The summed E-state index contributed by atoms with van der Waals surface area (Å²) in [5.41, 5.74) is 2.04. The summed E-state index contributed by atoms with van der Waals surface area (Å²) in [7, 11) is -1.68. The van der Waals surface area contributed by atoms with Crippen LogP contribution in [0.5, 0.6) is 5.75 Å². The average molecular weight is 350 g/mol. The summed E-state index contributed by atoms with van der Waals surface area (Å²) in [4.78, 5) is 12.3. The molecule has 0 fully saturated rings. The summed E-state index contributed by atoms with van der Waals surface area (Å²) < 4.78 is 5.61. The number of amides is 1. The highest BCUT2D eigenvalue weighted by Gasteiger charge is 2.32. The number of fused-ring (bicyclic) bond motifs is 1. The number of nitriles is 1. The fraction of sp³-hybridized carbons (Fsp3) is 0.263. The topological polar surface area (TPSA) is 103 Å². The molecule has 1 heterocycles. The van der Waals surface area contributed by atoms with Gasteiger partial charge in [0.1, 0.15) is 5.75 Å². The second-order valence-electron chi connectivity index (χ2n) is 6.31. The molecule has 0 spiro atoms. The van der Waals surface area contributed by atoms with E-state index in [4.69, 9.17) is 10.00 Å². The third-order valence-electron chi connectivity index (χ3n) is 4.53. The zero-order valence-electron chi connectivity index (χ0n) is 14.1. The lowest BCUT2D eigenvalue weighted by Crippen LogP contribution is -2.48. The minimum Gasteiger partial charge on any atom is -0.493 e. The molecule has 0 saturated carbocycles. The highest BCUT2D eigenvalue weighted by Crippen LogP contribution is 2.36. The van der Waals surface area contributed by atoms with E-state index in [2.05, 4.69) is 11.4 Å². The molecule has 1 aliphatic rings. The van der Waals surface area contributed by atoms with Crippen LogP contribution in [-0.2, 0) is 11.2 Å². The molecule has 6 nitrogen and oxygen atoms in total. The summed E-state index contributed by atoms with van der Waals surface area (Å²) in [5.74, 6) is -0.419. The quantitative estimate of drug-likeness (QED) is 0.679. The molecule has 2 aromatic carbocycles. The van der Waals surface area contributed by atoms with Gasteiger partial charge in [0, 0.05) is 11.5 Å². The zero-order chi connectivity index (χ0) is 18.5. The van der Waals surface area contributed by atoms with Crippen LogP contribution >= 0.6 is 0 Å². The summed E-state index contributed by atoms with van der Waals surface area (Å²) in [5, 5.41) is 31.1. The van der Waals surface area contributed by atoms with Crippen molar-refractivity contribution in [2.75, 3.05) is 6.61 Å². The van der Waals surface area contributed by atoms with E-state index in [0.29, 0.717) is 24.2 Å². The Morgan fingerprint density at radius 1 is 1.27 bits per heavy atom. The number of nitrogens with one attached hydrogen (secondary N) is 1. The van der Waals surface area contributed by atoms with Gasteiger partial charge in [-0.05, 0) is 24.1 Å². The Bertz CT molecular complexity index is 834. The average Bonchev–Trinajstić information content (AvgIpc) is 3.04. The van der Waals surface area contributed by atoms with Crippen molar-refractivity contribution in [2.24, 2.45) is 0 Å². The van der Waals surface area contributed by atoms with E-state index in [1.807, 2.05) is 24.3 Å². The second kappa shape index (κ2) is 8.04. The van der Waals surface area contributed by atoms with Crippen LogP contribution in [0.4, 0.5) is 0 Å². The smallest absolute Gasteiger partial charge is 0.475 e. The molecule has 3 N–H and O–H groups in total. The Morgan fingerprint density at radius 3 is 2.77 bits per heavy atom. The van der Waals surface area contributed by atoms with Gasteiger partial charge in [-0.15, -0.1) is 0 Å². The molecular weight excluding hydrogens is 331 g/mol. The van der Waals surface area contributed by atoms with Crippen molar-refractivity contribution in [3.8, 4) is 11.8 Å². The lowest BCUT2D eigenvalue weighted by Gasteiger charge is -2.21. The number of ether oxygens (including phenoxy) is 1. The van der Waals surface area contributed by atoms with Crippen LogP contribution in [-0.4, -0.2) is 35.6 Å². The molecular formula is C19H19BN2O4. The molecule has 0 aromatic heterocycles. The molecule has 2 aromatic rings. The highest BCUT2D eigenvalue weighted by molar-refractivity contribution is 6.43. The van der Waals surface area contributed by atoms with E-state index in [1.54, 1.807) is 24.3 Å². The van der Waals surface area contributed by atoms with E-state index in [9.17, 15) is 14.8 Å². The second-order valence-corrected chi connectivity index (χ2v) is 6.31. The maximum Gasteiger partial charge on any atom is 0.475 e. The Balaban J connectivity index is 1.66. The number of carbonyl (C=O) groups excluding carboxylic acids is 1. The molecule has 2 atom stereocenters. The molecule has 3 rings (SSSR count). The third-order valence-corrected chi connectivity index (χ3v) is 4.53. The van der Waals surface area contributed by atoms with Crippen LogP contribution in [0.15, 0.2) is 48.5 Å². The summed E-state index contributed by atoms with van der Waals surface area (Å²) in [6.07, 6.45) is 0.352. The van der Waals surface area contributed by atoms with Crippen LogP contribution in [0.3, 0.4) is 0 Å². The normalized spacial score (nSPS) is 16.1.